The SMILES string of the molecule is CCN1CCN(CCCN2C(=O)C3[C@H](C(=O)Nc4cc(C)cc(C)c4)C4CCC3(O4)C2C(=O)NC2CCCC(C)[C@H]2C)CC1. The number of benzene rings is 1. The van der Waals surface area contributed by atoms with E-state index in [1.807, 2.05) is 26.0 Å². The number of likely N-dealkylation sites (tertiary alicyclic amines) is 1. The molecule has 1 spiro atoms. The van der Waals surface area contributed by atoms with Crippen molar-refractivity contribution in [3.8, 4) is 0 Å². The summed E-state index contributed by atoms with van der Waals surface area (Å²) >= 11 is 0. The Bertz CT molecular complexity index is 1230. The van der Waals surface area contributed by atoms with Gasteiger partial charge in [-0.05, 0) is 87.7 Å². The lowest BCUT2D eigenvalue weighted by atomic mass is 9.70. The minimum atomic E-state index is -0.952. The highest BCUT2D eigenvalue weighted by atomic mass is 16.5. The third-order valence-electron chi connectivity index (χ3n) is 11.7. The van der Waals surface area contributed by atoms with Crippen LogP contribution in [0.2, 0.25) is 0 Å². The number of carbonyl (C=O) groups is 3. The summed E-state index contributed by atoms with van der Waals surface area (Å²) in [5.74, 6) is -0.679. The Morgan fingerprint density at radius 2 is 1.66 bits per heavy atom. The van der Waals surface area contributed by atoms with Crippen molar-refractivity contribution in [1.82, 2.24) is 20.0 Å². The third kappa shape index (κ3) is 5.80. The van der Waals surface area contributed by atoms with Gasteiger partial charge in [0.2, 0.25) is 17.7 Å². The molecular formula is C35H53N5O4. The van der Waals surface area contributed by atoms with E-state index in [2.05, 4.69) is 47.3 Å². The van der Waals surface area contributed by atoms with Crippen molar-refractivity contribution in [3.05, 3.63) is 29.3 Å². The molecular weight excluding hydrogens is 554 g/mol. The molecule has 6 rings (SSSR count). The van der Waals surface area contributed by atoms with Gasteiger partial charge < -0.3 is 30.1 Å². The zero-order chi connectivity index (χ0) is 31.2. The van der Waals surface area contributed by atoms with Crippen LogP contribution in [-0.2, 0) is 19.1 Å². The van der Waals surface area contributed by atoms with Crippen LogP contribution in [0.5, 0.6) is 0 Å². The first kappa shape index (κ1) is 31.5. The standard InChI is InChI=1S/C35H53N5O4/c1-6-38-15-17-39(18-16-38)13-8-14-40-31(33(42)37-27-10-7-9-24(4)25(27)5)35-12-11-28(44-35)29(30(35)34(40)43)32(41)36-26-20-22(2)19-23(3)21-26/h19-21,24-25,27-31H,6-18H2,1-5H3,(H,36,41)(H,37,42)/t24?,25-,27?,28?,29-,30?,31?,35?/m1/s1. The first-order valence-electron chi connectivity index (χ1n) is 17.2. The van der Waals surface area contributed by atoms with E-state index in [1.165, 1.54) is 6.42 Å². The van der Waals surface area contributed by atoms with Crippen molar-refractivity contribution < 1.29 is 19.1 Å². The maximum atomic E-state index is 14.4. The first-order chi connectivity index (χ1) is 21.1. The van der Waals surface area contributed by atoms with Gasteiger partial charge in [0, 0.05) is 44.5 Å². The van der Waals surface area contributed by atoms with Crippen LogP contribution in [0, 0.1) is 37.5 Å². The predicted octanol–water partition coefficient (Wildman–Crippen LogP) is 3.59. The van der Waals surface area contributed by atoms with Crippen molar-refractivity contribution in [2.75, 3.05) is 51.1 Å². The van der Waals surface area contributed by atoms with Gasteiger partial charge in [0.15, 0.2) is 0 Å². The van der Waals surface area contributed by atoms with Crippen molar-refractivity contribution in [2.24, 2.45) is 23.7 Å². The van der Waals surface area contributed by atoms with Crippen LogP contribution in [0.25, 0.3) is 0 Å². The molecule has 9 nitrogen and oxygen atoms in total. The second-order valence-electron chi connectivity index (χ2n) is 14.5. The number of aryl methyl sites for hydroxylation is 2. The predicted molar refractivity (Wildman–Crippen MR) is 171 cm³/mol. The van der Waals surface area contributed by atoms with E-state index in [0.717, 1.165) is 75.3 Å². The summed E-state index contributed by atoms with van der Waals surface area (Å²) in [5, 5.41) is 6.51. The van der Waals surface area contributed by atoms with Gasteiger partial charge in [-0.15, -0.1) is 0 Å². The number of nitrogens with zero attached hydrogens (tertiary/aromatic N) is 3. The highest BCUT2D eigenvalue weighted by molar-refractivity contribution is 6.02. The van der Waals surface area contributed by atoms with Gasteiger partial charge in [-0.2, -0.15) is 0 Å². The molecule has 1 aromatic rings. The Morgan fingerprint density at radius 1 is 0.955 bits per heavy atom. The molecule has 5 aliphatic rings. The molecule has 2 bridgehead atoms. The number of hydrogen-bond acceptors (Lipinski definition) is 6. The molecule has 3 amide bonds. The van der Waals surface area contributed by atoms with Crippen LogP contribution < -0.4 is 10.6 Å². The summed E-state index contributed by atoms with van der Waals surface area (Å²) < 4.78 is 6.69. The Morgan fingerprint density at radius 3 is 2.36 bits per heavy atom. The summed E-state index contributed by atoms with van der Waals surface area (Å²) in [6.07, 6.45) is 5.00. The van der Waals surface area contributed by atoms with Gasteiger partial charge in [0.1, 0.15) is 11.6 Å². The number of carbonyl (C=O) groups excluding carboxylic acids is 3. The quantitative estimate of drug-likeness (QED) is 0.446. The van der Waals surface area contributed by atoms with Crippen molar-refractivity contribution in [2.45, 2.75) is 96.9 Å². The fourth-order valence-electron chi connectivity index (χ4n) is 9.11. The molecule has 8 atom stereocenters. The Balaban J connectivity index is 1.23. The molecule has 1 saturated carbocycles. The minimum absolute atomic E-state index is 0.0891. The molecule has 44 heavy (non-hydrogen) atoms. The van der Waals surface area contributed by atoms with E-state index in [0.29, 0.717) is 31.2 Å². The average Bonchev–Trinajstić information content (AvgIpc) is 3.62. The number of piperazine rings is 1. The normalized spacial score (nSPS) is 35.6. The summed E-state index contributed by atoms with van der Waals surface area (Å²) in [6, 6.07) is 5.38. The molecule has 0 aromatic heterocycles. The fraction of sp³-hybridized carbons (Fsp3) is 0.743. The molecule has 5 fully saturated rings. The zero-order valence-electron chi connectivity index (χ0n) is 27.4. The second-order valence-corrected chi connectivity index (χ2v) is 14.5. The monoisotopic (exact) mass is 607 g/mol. The number of hydrogen-bond donors (Lipinski definition) is 2. The maximum absolute atomic E-state index is 14.4. The van der Waals surface area contributed by atoms with E-state index in [4.69, 9.17) is 4.74 Å². The molecule has 242 valence electrons. The highest BCUT2D eigenvalue weighted by Gasteiger charge is 2.74. The second kappa shape index (κ2) is 12.7. The minimum Gasteiger partial charge on any atom is -0.367 e. The third-order valence-corrected chi connectivity index (χ3v) is 11.7. The first-order valence-corrected chi connectivity index (χ1v) is 17.2. The van der Waals surface area contributed by atoms with Crippen LogP contribution >= 0.6 is 0 Å². The lowest BCUT2D eigenvalue weighted by Crippen LogP contribution is -2.58. The summed E-state index contributed by atoms with van der Waals surface area (Å²) in [4.78, 5) is 49.3. The fourth-order valence-corrected chi connectivity index (χ4v) is 9.11. The number of amides is 3. The van der Waals surface area contributed by atoms with Crippen LogP contribution in [-0.4, -0.2) is 102 Å². The van der Waals surface area contributed by atoms with E-state index in [9.17, 15) is 14.4 Å². The van der Waals surface area contributed by atoms with E-state index < -0.39 is 23.5 Å². The average molecular weight is 608 g/mol. The van der Waals surface area contributed by atoms with Crippen molar-refractivity contribution >= 4 is 23.4 Å². The van der Waals surface area contributed by atoms with Gasteiger partial charge in [-0.1, -0.05) is 39.7 Å². The maximum Gasteiger partial charge on any atom is 0.246 e. The van der Waals surface area contributed by atoms with Gasteiger partial charge in [-0.25, -0.2) is 0 Å². The molecule has 4 saturated heterocycles. The van der Waals surface area contributed by atoms with Crippen LogP contribution in [0.15, 0.2) is 18.2 Å². The molecule has 1 aliphatic carbocycles. The molecule has 1 aromatic carbocycles. The van der Waals surface area contributed by atoms with E-state index in [1.54, 1.807) is 4.90 Å². The topological polar surface area (TPSA) is 94.2 Å². The molecule has 6 unspecified atom stereocenters. The molecule has 0 radical (unpaired) electrons. The highest BCUT2D eigenvalue weighted by Crippen LogP contribution is 2.58. The Hall–Kier alpha value is -2.49. The summed E-state index contributed by atoms with van der Waals surface area (Å²) in [6.45, 7) is 17.4. The van der Waals surface area contributed by atoms with Crippen molar-refractivity contribution in [1.29, 1.82) is 0 Å². The number of anilines is 1. The molecule has 2 N–H and O–H groups in total. The van der Waals surface area contributed by atoms with E-state index in [-0.39, 0.29) is 29.9 Å². The number of likely N-dealkylation sites (N-methyl/N-ethyl adjacent to an activating group) is 1. The van der Waals surface area contributed by atoms with Crippen LogP contribution in [0.1, 0.15) is 70.4 Å². The lowest BCUT2D eigenvalue weighted by molar-refractivity contribution is -0.142. The molecule has 9 heteroatoms. The Kier molecular flexibility index (Phi) is 9.10. The van der Waals surface area contributed by atoms with Gasteiger partial charge in [0.25, 0.3) is 0 Å². The zero-order valence-corrected chi connectivity index (χ0v) is 27.4. The van der Waals surface area contributed by atoms with Crippen LogP contribution in [0.3, 0.4) is 0 Å². The lowest BCUT2D eigenvalue weighted by Gasteiger charge is -2.38. The summed E-state index contributed by atoms with van der Waals surface area (Å²) in [7, 11) is 0. The van der Waals surface area contributed by atoms with Crippen molar-refractivity contribution in [3.63, 3.8) is 0 Å². The largest absolute Gasteiger partial charge is 0.367 e. The number of ether oxygens (including phenoxy) is 1. The summed E-state index contributed by atoms with van der Waals surface area (Å²) in [5.41, 5.74) is 1.93. The number of nitrogens with one attached hydrogen (secondary N) is 2. The Labute approximate surface area is 263 Å². The number of fused-ring (bicyclic) bond motifs is 1. The van der Waals surface area contributed by atoms with E-state index >= 15 is 0 Å². The molecule has 4 heterocycles. The van der Waals surface area contributed by atoms with Gasteiger partial charge >= 0.3 is 0 Å². The smallest absolute Gasteiger partial charge is 0.246 e. The molecule has 4 aliphatic heterocycles. The van der Waals surface area contributed by atoms with Gasteiger partial charge in [0.05, 0.1) is 17.9 Å². The van der Waals surface area contributed by atoms with Crippen LogP contribution in [0.4, 0.5) is 5.69 Å². The number of rotatable bonds is 9. The van der Waals surface area contributed by atoms with Gasteiger partial charge in [-0.3, -0.25) is 14.4 Å².